The fourth-order valence-corrected chi connectivity index (χ4v) is 5.01. The van der Waals surface area contributed by atoms with E-state index in [2.05, 4.69) is 4.98 Å². The van der Waals surface area contributed by atoms with Crippen LogP contribution >= 0.6 is 0 Å². The van der Waals surface area contributed by atoms with Gasteiger partial charge >= 0.3 is 18.3 Å². The highest BCUT2D eigenvalue weighted by molar-refractivity contribution is 6.07. The number of benzene rings is 3. The second-order valence-corrected chi connectivity index (χ2v) is 9.48. The van der Waals surface area contributed by atoms with Gasteiger partial charge in [0.25, 0.3) is 0 Å². The molecule has 2 atom stereocenters. The number of aromatic amines is 1. The SMILES string of the molecule is CCOC(=O)C=CC(C)C(C(=O)c1cc(C(F)(F)F)cc(C(F)(F)F)c1)(c1ccc2ccccc2c1)c1ccc[nH]1. The Morgan fingerprint density at radius 1 is 0.829 bits per heavy atom. The molecule has 0 aliphatic rings. The number of halogens is 6. The number of esters is 1. The van der Waals surface area contributed by atoms with Crippen LogP contribution in [0.2, 0.25) is 0 Å². The topological polar surface area (TPSA) is 59.2 Å². The minimum absolute atomic E-state index is 0.0206. The molecule has 0 fully saturated rings. The maximum Gasteiger partial charge on any atom is 0.416 e. The van der Waals surface area contributed by atoms with Gasteiger partial charge in [0, 0.05) is 23.5 Å². The van der Waals surface area contributed by atoms with Crippen molar-refractivity contribution in [2.24, 2.45) is 5.92 Å². The van der Waals surface area contributed by atoms with Gasteiger partial charge in [0.2, 0.25) is 0 Å². The van der Waals surface area contributed by atoms with Gasteiger partial charge in [-0.2, -0.15) is 26.3 Å². The number of allylic oxidation sites excluding steroid dienone is 1. The Morgan fingerprint density at radius 3 is 2.02 bits per heavy atom. The molecule has 4 rings (SSSR count). The number of hydrogen-bond donors (Lipinski definition) is 1. The summed E-state index contributed by atoms with van der Waals surface area (Å²) in [6.45, 7) is 3.23. The normalized spacial score (nSPS) is 14.6. The summed E-state index contributed by atoms with van der Waals surface area (Å²) in [5.41, 5.74) is -5.36. The fourth-order valence-electron chi connectivity index (χ4n) is 5.01. The van der Waals surface area contributed by atoms with Gasteiger partial charge in [-0.05, 0) is 65.6 Å². The second-order valence-electron chi connectivity index (χ2n) is 9.48. The number of aromatic nitrogens is 1. The number of carbonyl (C=O) groups excluding carboxylic acids is 2. The molecule has 0 aliphatic carbocycles. The summed E-state index contributed by atoms with van der Waals surface area (Å²) < 4.78 is 87.5. The van der Waals surface area contributed by atoms with Gasteiger partial charge in [-0.25, -0.2) is 4.79 Å². The molecular formula is C31H25F6NO3. The molecule has 10 heteroatoms. The highest BCUT2D eigenvalue weighted by Crippen LogP contribution is 2.45. The predicted molar refractivity (Wildman–Crippen MR) is 141 cm³/mol. The van der Waals surface area contributed by atoms with Crippen molar-refractivity contribution >= 4 is 22.5 Å². The highest BCUT2D eigenvalue weighted by Gasteiger charge is 2.48. The van der Waals surface area contributed by atoms with Crippen molar-refractivity contribution < 1.29 is 40.7 Å². The van der Waals surface area contributed by atoms with Crippen molar-refractivity contribution in [1.82, 2.24) is 4.98 Å². The van der Waals surface area contributed by atoms with E-state index in [9.17, 15) is 35.9 Å². The maximum atomic E-state index is 14.6. The molecule has 1 heterocycles. The van der Waals surface area contributed by atoms with Crippen LogP contribution in [0.15, 0.2) is 91.1 Å². The van der Waals surface area contributed by atoms with Crippen molar-refractivity contribution in [3.8, 4) is 0 Å². The standard InChI is InChI=1S/C31H25F6NO3/c1-3-41-27(39)13-10-19(2)29(26-9-6-14-38-26,23-12-11-20-7-4-5-8-21(20)15-23)28(40)22-16-24(30(32,33)34)18-25(17-22)31(35,36)37/h4-19,38H,3H2,1-2H3. The predicted octanol–water partition coefficient (Wildman–Crippen LogP) is 8.13. The molecule has 41 heavy (non-hydrogen) atoms. The molecule has 214 valence electrons. The second kappa shape index (κ2) is 11.3. The van der Waals surface area contributed by atoms with E-state index < -0.39 is 52.1 Å². The van der Waals surface area contributed by atoms with Gasteiger partial charge in [-0.3, -0.25) is 4.79 Å². The summed E-state index contributed by atoms with van der Waals surface area (Å²) in [7, 11) is 0. The Labute approximate surface area is 231 Å². The van der Waals surface area contributed by atoms with Gasteiger partial charge in [0.1, 0.15) is 5.41 Å². The first-order chi connectivity index (χ1) is 19.3. The molecule has 3 aromatic carbocycles. The zero-order valence-electron chi connectivity index (χ0n) is 21.9. The lowest BCUT2D eigenvalue weighted by Crippen LogP contribution is -2.43. The minimum atomic E-state index is -5.15. The molecule has 4 nitrogen and oxygen atoms in total. The number of nitrogens with one attached hydrogen (secondary N) is 1. The Balaban J connectivity index is 2.06. The van der Waals surface area contributed by atoms with Gasteiger partial charge in [-0.1, -0.05) is 49.4 Å². The number of fused-ring (bicyclic) bond motifs is 1. The first kappa shape index (κ1) is 29.6. The summed E-state index contributed by atoms with van der Waals surface area (Å²) in [6, 6.07) is 16.1. The van der Waals surface area contributed by atoms with Crippen LogP contribution in [0.4, 0.5) is 26.3 Å². The summed E-state index contributed by atoms with van der Waals surface area (Å²) >= 11 is 0. The average Bonchev–Trinajstić information content (AvgIpc) is 3.46. The number of ketones is 1. The van der Waals surface area contributed by atoms with Crippen molar-refractivity contribution in [2.75, 3.05) is 6.61 Å². The third-order valence-corrected chi connectivity index (χ3v) is 6.93. The van der Waals surface area contributed by atoms with Gasteiger partial charge in [-0.15, -0.1) is 0 Å². The van der Waals surface area contributed by atoms with E-state index in [4.69, 9.17) is 4.74 Å². The Hall–Kier alpha value is -4.34. The molecule has 1 N–H and O–H groups in total. The van der Waals surface area contributed by atoms with E-state index in [-0.39, 0.29) is 18.4 Å². The molecule has 2 unspecified atom stereocenters. The molecule has 0 radical (unpaired) electrons. The lowest BCUT2D eigenvalue weighted by atomic mass is 9.63. The van der Waals surface area contributed by atoms with Crippen LogP contribution < -0.4 is 0 Å². The van der Waals surface area contributed by atoms with Crippen molar-refractivity contribution in [1.29, 1.82) is 0 Å². The summed E-state index contributed by atoms with van der Waals surface area (Å²) in [5, 5.41) is 1.49. The molecule has 0 saturated heterocycles. The van der Waals surface area contributed by atoms with Gasteiger partial charge in [0.05, 0.1) is 17.7 Å². The number of H-pyrrole nitrogens is 1. The van der Waals surface area contributed by atoms with Gasteiger partial charge in [0.15, 0.2) is 5.78 Å². The van der Waals surface area contributed by atoms with E-state index in [0.29, 0.717) is 23.1 Å². The third kappa shape index (κ3) is 5.91. The first-order valence-corrected chi connectivity index (χ1v) is 12.6. The van der Waals surface area contributed by atoms with Crippen molar-refractivity contribution in [3.63, 3.8) is 0 Å². The van der Waals surface area contributed by atoms with E-state index in [1.807, 2.05) is 6.07 Å². The zero-order chi connectivity index (χ0) is 30.0. The Morgan fingerprint density at radius 2 is 1.46 bits per heavy atom. The molecule has 4 aromatic rings. The number of ether oxygens (including phenoxy) is 1. The van der Waals surface area contributed by atoms with Gasteiger partial charge < -0.3 is 9.72 Å². The molecule has 0 aliphatic heterocycles. The summed E-state index contributed by atoms with van der Waals surface area (Å²) in [4.78, 5) is 29.7. The highest BCUT2D eigenvalue weighted by atomic mass is 19.4. The monoisotopic (exact) mass is 573 g/mol. The lowest BCUT2D eigenvalue weighted by molar-refractivity contribution is -0.143. The minimum Gasteiger partial charge on any atom is -0.463 e. The number of hydrogen-bond acceptors (Lipinski definition) is 3. The van der Waals surface area contributed by atoms with E-state index in [1.54, 1.807) is 56.3 Å². The smallest absolute Gasteiger partial charge is 0.416 e. The number of alkyl halides is 6. The van der Waals surface area contributed by atoms with Crippen LogP contribution in [0.5, 0.6) is 0 Å². The van der Waals surface area contributed by atoms with Crippen LogP contribution in [-0.4, -0.2) is 23.3 Å². The summed E-state index contributed by atoms with van der Waals surface area (Å²) in [5.74, 6) is -2.69. The molecule has 0 spiro atoms. The van der Waals surface area contributed by atoms with E-state index in [1.165, 1.54) is 18.3 Å². The largest absolute Gasteiger partial charge is 0.463 e. The zero-order valence-corrected chi connectivity index (χ0v) is 21.9. The third-order valence-electron chi connectivity index (χ3n) is 6.93. The van der Waals surface area contributed by atoms with Crippen LogP contribution in [0.25, 0.3) is 10.8 Å². The summed E-state index contributed by atoms with van der Waals surface area (Å²) in [6.07, 6.45) is -6.35. The van der Waals surface area contributed by atoms with Crippen LogP contribution in [0.3, 0.4) is 0 Å². The van der Waals surface area contributed by atoms with Crippen LogP contribution in [-0.2, 0) is 27.3 Å². The van der Waals surface area contributed by atoms with E-state index >= 15 is 0 Å². The number of carbonyl (C=O) groups is 2. The average molecular weight is 574 g/mol. The Bertz CT molecular complexity index is 1560. The van der Waals surface area contributed by atoms with Crippen LogP contribution in [0.1, 0.15) is 46.6 Å². The fraction of sp³-hybridized carbons (Fsp3) is 0.226. The Kier molecular flexibility index (Phi) is 8.15. The lowest BCUT2D eigenvalue weighted by Gasteiger charge is -2.37. The molecule has 0 bridgehead atoms. The van der Waals surface area contributed by atoms with Crippen molar-refractivity contribution in [3.05, 3.63) is 119 Å². The number of rotatable bonds is 8. The molecule has 0 amide bonds. The molecule has 1 aromatic heterocycles. The quantitative estimate of drug-likeness (QED) is 0.100. The van der Waals surface area contributed by atoms with Crippen LogP contribution in [0, 0.1) is 5.92 Å². The maximum absolute atomic E-state index is 14.6. The van der Waals surface area contributed by atoms with E-state index in [0.717, 1.165) is 11.5 Å². The number of Topliss-reactive ketones (excluding diaryl/α,β-unsaturated/α-hetero) is 1. The first-order valence-electron chi connectivity index (χ1n) is 12.6. The molecule has 0 saturated carbocycles. The van der Waals surface area contributed by atoms with Crippen molar-refractivity contribution in [2.45, 2.75) is 31.6 Å². The molecular weight excluding hydrogens is 548 g/mol.